The fourth-order valence-electron chi connectivity index (χ4n) is 9.25. The second-order valence-electron chi connectivity index (χ2n) is 24.1. The molecule has 0 unspecified atom stereocenters. The summed E-state index contributed by atoms with van der Waals surface area (Å²) in [4.78, 5) is 8.22. The number of rotatable bonds is 10. The quantitative estimate of drug-likeness (QED) is 0.143. The molecule has 0 spiro atoms. The van der Waals surface area contributed by atoms with Gasteiger partial charge in [0.15, 0.2) is 0 Å². The van der Waals surface area contributed by atoms with Gasteiger partial charge in [-0.1, -0.05) is 210 Å². The number of phenols is 2. The molecule has 11 rings (SSSR count). The third-order valence-corrected chi connectivity index (χ3v) is 22.2. The first-order valence-electron chi connectivity index (χ1n) is 30.6. The first kappa shape index (κ1) is 72.5. The van der Waals surface area contributed by atoms with Gasteiger partial charge in [0.2, 0.25) is 0 Å². The van der Waals surface area contributed by atoms with Crippen molar-refractivity contribution in [2.75, 3.05) is 0 Å². The van der Waals surface area contributed by atoms with Crippen molar-refractivity contribution in [2.24, 2.45) is 12.4 Å². The van der Waals surface area contributed by atoms with Gasteiger partial charge in [0.25, 0.3) is 0 Å². The molecule has 0 aliphatic heterocycles. The van der Waals surface area contributed by atoms with E-state index in [1.54, 1.807) is 0 Å². The Morgan fingerprint density at radius 1 is 0.363 bits per heavy atom. The van der Waals surface area contributed by atoms with Crippen LogP contribution < -0.4 is 9.97 Å². The van der Waals surface area contributed by atoms with E-state index in [1.807, 2.05) is 228 Å². The van der Waals surface area contributed by atoms with Crippen molar-refractivity contribution in [3.8, 4) is 56.0 Å². The molecule has 0 saturated carbocycles. The van der Waals surface area contributed by atoms with E-state index in [4.69, 9.17) is 26.7 Å². The normalized spacial score (nSPS) is 10.6. The summed E-state index contributed by atoms with van der Waals surface area (Å²) in [5, 5.41) is 22.3. The summed E-state index contributed by atoms with van der Waals surface area (Å²) in [6.07, 6.45) is 0. The summed E-state index contributed by atoms with van der Waals surface area (Å²) >= 11 is 10.3. The van der Waals surface area contributed by atoms with E-state index >= 15 is 0 Å². The van der Waals surface area contributed by atoms with E-state index in [-0.39, 0.29) is 10.8 Å². The van der Waals surface area contributed by atoms with Gasteiger partial charge in [-0.05, 0) is 22.3 Å². The average Bonchev–Trinajstić information content (AvgIpc) is 2.38. The number of nitrogens with zero attached hydrogens (tertiary/aromatic N) is 4. The Hall–Kier alpha value is -7.56. The molecule has 0 saturated heterocycles. The molecule has 0 aliphatic rings. The average molecular weight is 1590 g/mol. The van der Waals surface area contributed by atoms with Crippen molar-refractivity contribution in [1.29, 1.82) is 0 Å². The van der Waals surface area contributed by atoms with E-state index in [9.17, 15) is 10.2 Å². The number of halogens is 2. The summed E-state index contributed by atoms with van der Waals surface area (Å²) < 4.78 is 14.5. The van der Waals surface area contributed by atoms with E-state index < -0.39 is 35.8 Å². The molecule has 0 fully saturated rings. The van der Waals surface area contributed by atoms with Crippen LogP contribution in [0.4, 0.5) is 11.4 Å². The first-order chi connectivity index (χ1) is 43.5. The number of benzene rings is 9. The number of hydrogen-bond donors (Lipinski definition) is 2. The smallest absolute Gasteiger partial charge is 0.131 e. The number of para-hydroxylation sites is 2. The van der Waals surface area contributed by atoms with Crippen molar-refractivity contribution in [2.45, 2.75) is 107 Å². The molecule has 0 bridgehead atoms. The second kappa shape index (κ2) is 36.5. The zero-order valence-electron chi connectivity index (χ0n) is 54.7. The van der Waals surface area contributed by atoms with Crippen LogP contribution in [-0.4, -0.2) is 19.0 Å². The summed E-state index contributed by atoms with van der Waals surface area (Å²) in [7, 11) is 0. The molecule has 0 radical (unpaired) electrons. The minimum Gasteiger partial charge on any atom is -0.665 e. The van der Waals surface area contributed by atoms with Gasteiger partial charge < -0.3 is 20.2 Å². The van der Waals surface area contributed by atoms with Crippen LogP contribution in [0.25, 0.3) is 44.5 Å². The van der Waals surface area contributed by atoms with Crippen molar-refractivity contribution in [1.82, 2.24) is 9.97 Å². The summed E-state index contributed by atoms with van der Waals surface area (Å²) in [6.45, 7) is 28.2. The van der Waals surface area contributed by atoms with Gasteiger partial charge in [0.1, 0.15) is 11.5 Å². The topological polar surface area (TPSA) is 93.4 Å². The van der Waals surface area contributed by atoms with E-state index in [2.05, 4.69) is 133 Å². The van der Waals surface area contributed by atoms with Gasteiger partial charge in [-0.3, -0.25) is 0 Å². The van der Waals surface area contributed by atoms with E-state index in [1.165, 1.54) is 22.4 Å². The zero-order chi connectivity index (χ0) is 65.9. The largest absolute Gasteiger partial charge is 0.665 e. The summed E-state index contributed by atoms with van der Waals surface area (Å²) in [5.41, 5.74) is 18.5. The molecule has 2 aromatic heterocycles. The first-order valence-corrected chi connectivity index (χ1v) is 37.3. The molecule has 0 amide bonds. The van der Waals surface area contributed by atoms with Crippen LogP contribution in [-0.2, 0) is 41.3 Å². The molecular weight excluding hydrogens is 1500 g/mol. The number of hydrogen-bond acceptors (Lipinski definition) is 4. The van der Waals surface area contributed by atoms with Crippen LogP contribution in [0.1, 0.15) is 114 Å². The van der Waals surface area contributed by atoms with Crippen LogP contribution in [0.2, 0.25) is 10.0 Å². The van der Waals surface area contributed by atoms with Gasteiger partial charge >= 0.3 is 265 Å². The maximum Gasteiger partial charge on any atom is 0.131 e. The Kier molecular flexibility index (Phi) is 29.1. The molecule has 2 N–H and O–H groups in total. The second-order valence-corrected chi connectivity index (χ2v) is 29.4. The molecule has 11 aromatic rings. The zero-order valence-corrected chi connectivity index (χ0v) is 62.1. The minimum absolute atomic E-state index is 0.0974. The maximum atomic E-state index is 10.5. The van der Waals surface area contributed by atoms with Crippen LogP contribution in [0.5, 0.6) is 11.5 Å². The van der Waals surface area contributed by atoms with Crippen LogP contribution >= 0.6 is 23.2 Å². The minimum atomic E-state index is -0.918. The molecule has 9 aromatic carbocycles. The van der Waals surface area contributed by atoms with Gasteiger partial charge in [-0.2, -0.15) is 22.8 Å². The maximum absolute atomic E-state index is 10.5. The molecule has 0 atom stereocenters. The van der Waals surface area contributed by atoms with Gasteiger partial charge in [0.05, 0.1) is 0 Å². The summed E-state index contributed by atoms with van der Waals surface area (Å²) in [6, 6.07) is 82.4. The van der Waals surface area contributed by atoms with Crippen LogP contribution in [0.3, 0.4) is 0 Å². The Bertz CT molecular complexity index is 3770. The molecule has 91 heavy (non-hydrogen) atoms. The standard InChI is InChI=1S/2C18H14O.C12H17N.C10H12.C6H3Cl2N.2C6H8N.C5H10.2W/c2*19-18-16(14-8-3-1-4-9-14)12-7-13-17(18)15-10-5-2-6-11-15;1-8(2)10-6-5-7-11(9(3)4)12(10)13;1-10(2,3)9-7-5-4-6-8-9;7-4-2-1-3-5(8)6(4)9;2*1-5-3-4-6(2)7-5;1-5(2,3)4;;/h2*1-13,19H;5-9H,1-4H3;1,4-8H,2-3H3;1-3H;2*3-4H,1-2H3;1H,2-4H3;;/q;;;;;2*-1;;;. The molecule has 0 aliphatic carbocycles. The SMILES string of the molecule is CC(C)(C)[CH]=[W]=[N]c1c(Cl)cccc1Cl.CC(C)c1cccc(C(C)C)c1[N]=[W]=[CH]C(C)(C)c1ccccc1.Cc1ccc(C)[n-]1.Cc1ccc(C)[n-]1.Oc1c(-c2ccccc2)cccc1-c1ccccc1.Oc1c(-c2ccccc2)cccc1-c1ccccc1. The van der Waals surface area contributed by atoms with Crippen molar-refractivity contribution in [3.05, 3.63) is 298 Å². The molecule has 6 nitrogen and oxygen atoms in total. The Morgan fingerprint density at radius 3 is 0.945 bits per heavy atom. The number of aryl methyl sites for hydroxylation is 4. The van der Waals surface area contributed by atoms with Crippen LogP contribution in [0.15, 0.2) is 256 Å². The number of aromatic nitrogens is 2. The van der Waals surface area contributed by atoms with Crippen molar-refractivity contribution >= 4 is 43.4 Å². The van der Waals surface area contributed by atoms with Crippen LogP contribution in [0, 0.1) is 33.1 Å². The third-order valence-electron chi connectivity index (χ3n) is 14.1. The molecule has 470 valence electrons. The molecule has 2 heterocycles. The van der Waals surface area contributed by atoms with Crippen molar-refractivity contribution in [3.63, 3.8) is 0 Å². The molecular formula is C81H86Cl2N4O2W2-2. The Morgan fingerprint density at radius 2 is 0.648 bits per heavy atom. The number of phenolic OH excluding ortho intramolecular Hbond substituents is 2. The predicted octanol–water partition coefficient (Wildman–Crippen LogP) is 23.3. The van der Waals surface area contributed by atoms with Crippen molar-refractivity contribution < 1.29 is 46.1 Å². The van der Waals surface area contributed by atoms with Gasteiger partial charge in [0, 0.05) is 22.3 Å². The Balaban J connectivity index is 0.000000181. The van der Waals surface area contributed by atoms with Gasteiger partial charge in [-0.25, -0.2) is 0 Å². The van der Waals surface area contributed by atoms with Gasteiger partial charge in [-0.15, -0.1) is 0 Å². The van der Waals surface area contributed by atoms with E-state index in [0.717, 1.165) is 73.0 Å². The van der Waals surface area contributed by atoms with E-state index in [0.29, 0.717) is 33.4 Å². The Labute approximate surface area is 568 Å². The molecule has 10 heteroatoms. The predicted molar refractivity (Wildman–Crippen MR) is 383 cm³/mol. The fraction of sp³-hybridized carbons (Fsp3) is 0.210. The number of aromatic hydroxyl groups is 2. The third kappa shape index (κ3) is 23.6. The summed E-state index contributed by atoms with van der Waals surface area (Å²) in [5.74, 6) is 1.70. The monoisotopic (exact) mass is 1580 g/mol. The fourth-order valence-corrected chi connectivity index (χ4v) is 15.3.